The number of anilines is 1. The first-order valence-corrected chi connectivity index (χ1v) is 11.7. The molecule has 10 nitrogen and oxygen atoms in total. The van der Waals surface area contributed by atoms with Crippen molar-refractivity contribution in [3.8, 4) is 0 Å². The number of piperidine rings is 1. The third-order valence-electron chi connectivity index (χ3n) is 5.81. The van der Waals surface area contributed by atoms with Crippen LogP contribution in [0.5, 0.6) is 0 Å². The maximum atomic E-state index is 12.9. The highest BCUT2D eigenvalue weighted by atomic mass is 19.4. The Morgan fingerprint density at radius 1 is 0.875 bits per heavy atom. The largest absolute Gasteiger partial charge is 0.490 e. The van der Waals surface area contributed by atoms with E-state index < -0.39 is 24.3 Å². The molecule has 1 unspecified atom stereocenters. The van der Waals surface area contributed by atoms with Crippen molar-refractivity contribution in [3.63, 3.8) is 0 Å². The van der Waals surface area contributed by atoms with E-state index in [0.29, 0.717) is 18.8 Å². The van der Waals surface area contributed by atoms with Gasteiger partial charge in [-0.2, -0.15) is 26.3 Å². The zero-order chi connectivity index (χ0) is 30.0. The lowest BCUT2D eigenvalue weighted by molar-refractivity contribution is -0.193. The lowest BCUT2D eigenvalue weighted by Crippen LogP contribution is -2.52. The van der Waals surface area contributed by atoms with E-state index in [1.54, 1.807) is 30.7 Å². The molecule has 220 valence electrons. The monoisotopic (exact) mass is 580 g/mol. The van der Waals surface area contributed by atoms with Crippen LogP contribution in [0.4, 0.5) is 32.0 Å². The van der Waals surface area contributed by atoms with Crippen LogP contribution < -0.4 is 4.90 Å². The van der Waals surface area contributed by atoms with E-state index in [1.807, 2.05) is 17.2 Å². The Morgan fingerprint density at radius 3 is 2.00 bits per heavy atom. The molecule has 16 heteroatoms. The quantitative estimate of drug-likeness (QED) is 0.512. The van der Waals surface area contributed by atoms with Crippen LogP contribution in [0.2, 0.25) is 0 Å². The van der Waals surface area contributed by atoms with E-state index in [9.17, 15) is 31.1 Å². The van der Waals surface area contributed by atoms with E-state index in [1.165, 1.54) is 0 Å². The highest BCUT2D eigenvalue weighted by Gasteiger charge is 2.41. The smallest absolute Gasteiger partial charge is 0.475 e. The summed E-state index contributed by atoms with van der Waals surface area (Å²) in [6.45, 7) is 4.67. The number of hydrogen-bond donors (Lipinski definition) is 2. The van der Waals surface area contributed by atoms with Crippen LogP contribution in [0, 0.1) is 5.41 Å². The summed E-state index contributed by atoms with van der Waals surface area (Å²) in [5, 5.41) is 14.2. The maximum absolute atomic E-state index is 12.9. The molecule has 4 heterocycles. The van der Waals surface area contributed by atoms with E-state index in [0.717, 1.165) is 44.7 Å². The number of aliphatic carboxylic acids is 2. The minimum atomic E-state index is -5.08. The molecule has 0 aromatic carbocycles. The van der Waals surface area contributed by atoms with Gasteiger partial charge in [-0.15, -0.1) is 0 Å². The molecule has 2 aliphatic rings. The van der Waals surface area contributed by atoms with Gasteiger partial charge < -0.3 is 24.7 Å². The Bertz CT molecular complexity index is 1100. The molecule has 2 N–H and O–H groups in total. The Labute approximate surface area is 224 Å². The Morgan fingerprint density at radius 2 is 1.48 bits per heavy atom. The summed E-state index contributed by atoms with van der Waals surface area (Å²) < 4.78 is 69.4. The number of carbonyl (C=O) groups excluding carboxylic acids is 1. The first-order chi connectivity index (χ1) is 18.6. The number of pyridine rings is 2. The van der Waals surface area contributed by atoms with E-state index >= 15 is 0 Å². The van der Waals surface area contributed by atoms with Gasteiger partial charge in [0.2, 0.25) is 0 Å². The number of amides is 1. The number of aromatic nitrogens is 2. The third kappa shape index (κ3) is 9.98. The highest BCUT2D eigenvalue weighted by Crippen LogP contribution is 2.35. The standard InChI is InChI=1S/C20H24N4O2.2C2HF3O2/c25-19(17-4-8-21-9-5-17)24-10-2-6-20(15-24)14-23(11-12-26-16-20)18-3-1-7-22-13-18;2*3-2(4,5)1(6)7/h1,3-5,7-9,13H,2,6,10-12,14-16H2;2*(H,6,7). The normalized spacial score (nSPS) is 19.4. The average Bonchev–Trinajstić information content (AvgIpc) is 3.11. The molecule has 40 heavy (non-hydrogen) atoms. The van der Waals surface area contributed by atoms with Crippen LogP contribution in [-0.4, -0.2) is 94.7 Å². The number of hydrogen-bond acceptors (Lipinski definition) is 7. The van der Waals surface area contributed by atoms with Crippen LogP contribution in [0.25, 0.3) is 0 Å². The lowest BCUT2D eigenvalue weighted by atomic mass is 9.79. The topological polar surface area (TPSA) is 133 Å². The molecule has 2 aliphatic heterocycles. The van der Waals surface area contributed by atoms with Crippen molar-refractivity contribution in [2.45, 2.75) is 25.2 Å². The molecule has 4 rings (SSSR count). The first kappa shape index (κ1) is 32.3. The third-order valence-corrected chi connectivity index (χ3v) is 5.81. The Balaban J connectivity index is 0.000000333. The zero-order valence-corrected chi connectivity index (χ0v) is 20.9. The number of nitrogens with zero attached hydrogens (tertiary/aromatic N) is 4. The summed E-state index contributed by atoms with van der Waals surface area (Å²) in [5.74, 6) is -5.43. The van der Waals surface area contributed by atoms with Crippen molar-refractivity contribution in [3.05, 3.63) is 54.6 Å². The van der Waals surface area contributed by atoms with E-state index in [-0.39, 0.29) is 11.3 Å². The summed E-state index contributed by atoms with van der Waals surface area (Å²) in [5.41, 5.74) is 1.79. The molecule has 0 radical (unpaired) electrons. The fourth-order valence-corrected chi connectivity index (χ4v) is 4.06. The molecule has 2 fully saturated rings. The van der Waals surface area contributed by atoms with Gasteiger partial charge in [0, 0.05) is 55.7 Å². The van der Waals surface area contributed by atoms with Gasteiger partial charge in [-0.05, 0) is 37.1 Å². The molecule has 1 amide bonds. The second-order valence-corrected chi connectivity index (χ2v) is 8.86. The molecule has 1 spiro atoms. The second kappa shape index (κ2) is 13.9. The molecule has 2 aromatic heterocycles. The molecule has 0 aliphatic carbocycles. The summed E-state index contributed by atoms with van der Waals surface area (Å²) in [4.78, 5) is 43.3. The van der Waals surface area contributed by atoms with Gasteiger partial charge in [-0.1, -0.05) is 0 Å². The summed E-state index contributed by atoms with van der Waals surface area (Å²) in [6, 6.07) is 7.63. The van der Waals surface area contributed by atoms with Crippen molar-refractivity contribution in [1.29, 1.82) is 0 Å². The molecule has 0 bridgehead atoms. The number of carboxylic acid groups (broad SMARTS) is 2. The maximum Gasteiger partial charge on any atom is 0.490 e. The molecule has 1 atom stereocenters. The minimum Gasteiger partial charge on any atom is -0.475 e. The molecule has 2 aromatic rings. The molecule has 2 saturated heterocycles. The molecular formula is C24H26F6N4O6. The van der Waals surface area contributed by atoms with Crippen LogP contribution >= 0.6 is 0 Å². The summed E-state index contributed by atoms with van der Waals surface area (Å²) >= 11 is 0. The lowest BCUT2D eigenvalue weighted by Gasteiger charge is -2.44. The predicted molar refractivity (Wildman–Crippen MR) is 126 cm³/mol. The number of likely N-dealkylation sites (tertiary alicyclic amines) is 1. The van der Waals surface area contributed by atoms with Gasteiger partial charge in [0.1, 0.15) is 0 Å². The minimum absolute atomic E-state index is 0.0344. The van der Waals surface area contributed by atoms with Crippen molar-refractivity contribution in [2.24, 2.45) is 5.41 Å². The summed E-state index contributed by atoms with van der Waals surface area (Å²) in [7, 11) is 0. The Hall–Kier alpha value is -3.95. The van der Waals surface area contributed by atoms with Crippen LogP contribution in [0.15, 0.2) is 49.1 Å². The first-order valence-electron chi connectivity index (χ1n) is 11.7. The SMILES string of the molecule is O=C(O)C(F)(F)F.O=C(O)C(F)(F)F.O=C(c1ccncc1)N1CCCC2(COCCN(c3cccnc3)C2)C1. The fraction of sp³-hybridized carbons (Fsp3) is 0.458. The summed E-state index contributed by atoms with van der Waals surface area (Å²) in [6.07, 6.45) is -1.05. The van der Waals surface area contributed by atoms with Crippen molar-refractivity contribution < 1.29 is 55.7 Å². The number of rotatable bonds is 2. The van der Waals surface area contributed by atoms with Crippen molar-refractivity contribution in [2.75, 3.05) is 44.3 Å². The molecular weight excluding hydrogens is 554 g/mol. The van der Waals surface area contributed by atoms with Gasteiger partial charge in [0.15, 0.2) is 0 Å². The van der Waals surface area contributed by atoms with Crippen LogP contribution in [-0.2, 0) is 14.3 Å². The number of halogens is 6. The van der Waals surface area contributed by atoms with Gasteiger partial charge in [-0.3, -0.25) is 14.8 Å². The van der Waals surface area contributed by atoms with Crippen LogP contribution in [0.3, 0.4) is 0 Å². The fourth-order valence-electron chi connectivity index (χ4n) is 4.06. The van der Waals surface area contributed by atoms with Gasteiger partial charge in [-0.25, -0.2) is 9.59 Å². The second-order valence-electron chi connectivity index (χ2n) is 8.86. The van der Waals surface area contributed by atoms with E-state index in [4.69, 9.17) is 24.5 Å². The zero-order valence-electron chi connectivity index (χ0n) is 20.9. The van der Waals surface area contributed by atoms with E-state index in [2.05, 4.69) is 20.9 Å². The predicted octanol–water partition coefficient (Wildman–Crippen LogP) is 3.50. The van der Waals surface area contributed by atoms with Gasteiger partial charge in [0.25, 0.3) is 5.91 Å². The highest BCUT2D eigenvalue weighted by molar-refractivity contribution is 5.94. The van der Waals surface area contributed by atoms with Gasteiger partial charge >= 0.3 is 24.3 Å². The van der Waals surface area contributed by atoms with Crippen molar-refractivity contribution in [1.82, 2.24) is 14.9 Å². The number of alkyl halides is 6. The average molecular weight is 580 g/mol. The number of carboxylic acids is 2. The number of carbonyl (C=O) groups is 3. The Kier molecular flexibility index (Phi) is 11.2. The molecule has 0 saturated carbocycles. The van der Waals surface area contributed by atoms with Crippen LogP contribution in [0.1, 0.15) is 23.2 Å². The van der Waals surface area contributed by atoms with Crippen molar-refractivity contribution >= 4 is 23.5 Å². The number of ether oxygens (including phenoxy) is 1. The van der Waals surface area contributed by atoms with Gasteiger partial charge in [0.05, 0.1) is 25.1 Å².